The molecule has 2 saturated heterocycles. The van der Waals surface area contributed by atoms with Gasteiger partial charge in [-0.15, -0.1) is 0 Å². The molecular formula is C13H19ClN4O2. The summed E-state index contributed by atoms with van der Waals surface area (Å²) in [5.41, 5.74) is 0. The van der Waals surface area contributed by atoms with E-state index < -0.39 is 0 Å². The molecule has 0 saturated carbocycles. The van der Waals surface area contributed by atoms with Crippen molar-refractivity contribution >= 4 is 17.5 Å². The molecule has 2 bridgehead atoms. The van der Waals surface area contributed by atoms with Gasteiger partial charge < -0.3 is 14.7 Å². The van der Waals surface area contributed by atoms with Crippen LogP contribution in [0.1, 0.15) is 39.0 Å². The second-order valence-electron chi connectivity index (χ2n) is 5.45. The minimum Gasteiger partial charge on any atom is -0.463 e. The van der Waals surface area contributed by atoms with Crippen molar-refractivity contribution < 1.29 is 9.84 Å². The quantitative estimate of drug-likeness (QED) is 0.914. The number of halogens is 1. The fraction of sp³-hybridized carbons (Fsp3) is 0.769. The zero-order valence-corrected chi connectivity index (χ0v) is 12.3. The normalized spacial score (nSPS) is 28.8. The molecule has 0 spiro atoms. The molecule has 2 unspecified atom stereocenters. The molecule has 2 aliphatic rings. The van der Waals surface area contributed by atoms with E-state index in [-0.39, 0.29) is 17.4 Å². The fourth-order valence-electron chi connectivity index (χ4n) is 3.17. The van der Waals surface area contributed by atoms with Gasteiger partial charge in [0.25, 0.3) is 0 Å². The highest BCUT2D eigenvalue weighted by Crippen LogP contribution is 2.38. The van der Waals surface area contributed by atoms with Crippen LogP contribution in [0.25, 0.3) is 0 Å². The smallest absolute Gasteiger partial charge is 0.322 e. The number of hydrogen-bond donors (Lipinski definition) is 1. The van der Waals surface area contributed by atoms with Crippen LogP contribution in [0, 0.1) is 0 Å². The highest BCUT2D eigenvalue weighted by Gasteiger charge is 2.41. The number of aromatic nitrogens is 3. The van der Waals surface area contributed by atoms with Crippen LogP contribution in [-0.2, 0) is 0 Å². The Morgan fingerprint density at radius 3 is 2.60 bits per heavy atom. The molecule has 2 fully saturated rings. The Labute approximate surface area is 123 Å². The standard InChI is InChI=1S/C13H19ClN4O2/c1-2-5-20-13-16-11(14)15-12(17-13)18-8-3-4-9(18)7-10(19)6-8/h8-10,19H,2-7H2,1H3. The Morgan fingerprint density at radius 1 is 1.25 bits per heavy atom. The summed E-state index contributed by atoms with van der Waals surface area (Å²) in [6, 6.07) is 0.870. The van der Waals surface area contributed by atoms with E-state index in [1.165, 1.54) is 0 Å². The third kappa shape index (κ3) is 2.67. The van der Waals surface area contributed by atoms with Crippen LogP contribution in [0.5, 0.6) is 6.01 Å². The van der Waals surface area contributed by atoms with Crippen LogP contribution in [0.2, 0.25) is 5.28 Å². The third-order valence-electron chi connectivity index (χ3n) is 3.95. The molecule has 1 N–H and O–H groups in total. The van der Waals surface area contributed by atoms with Gasteiger partial charge in [-0.3, -0.25) is 0 Å². The lowest BCUT2D eigenvalue weighted by atomic mass is 10.0. The minimum atomic E-state index is -0.211. The summed E-state index contributed by atoms with van der Waals surface area (Å²) in [4.78, 5) is 14.8. The van der Waals surface area contributed by atoms with Crippen molar-refractivity contribution in [2.75, 3.05) is 11.5 Å². The molecule has 2 atom stereocenters. The Balaban J connectivity index is 1.85. The second-order valence-corrected chi connectivity index (χ2v) is 5.79. The van der Waals surface area contributed by atoms with Gasteiger partial charge in [-0.25, -0.2) is 0 Å². The molecule has 6 nitrogen and oxygen atoms in total. The van der Waals surface area contributed by atoms with Crippen LogP contribution in [0.3, 0.4) is 0 Å². The summed E-state index contributed by atoms with van der Waals surface area (Å²) in [5.74, 6) is 0.579. The zero-order chi connectivity index (χ0) is 14.1. The van der Waals surface area contributed by atoms with Gasteiger partial charge in [-0.05, 0) is 43.7 Å². The van der Waals surface area contributed by atoms with E-state index in [4.69, 9.17) is 16.3 Å². The maximum atomic E-state index is 9.85. The van der Waals surface area contributed by atoms with Crippen molar-refractivity contribution in [2.24, 2.45) is 0 Å². The molecule has 20 heavy (non-hydrogen) atoms. The van der Waals surface area contributed by atoms with Gasteiger partial charge in [0.1, 0.15) is 0 Å². The lowest BCUT2D eigenvalue weighted by molar-refractivity contribution is 0.125. The van der Waals surface area contributed by atoms with E-state index in [1.807, 2.05) is 6.92 Å². The minimum absolute atomic E-state index is 0.159. The molecule has 3 rings (SSSR count). The molecule has 110 valence electrons. The van der Waals surface area contributed by atoms with Gasteiger partial charge in [0.15, 0.2) is 0 Å². The molecule has 0 amide bonds. The van der Waals surface area contributed by atoms with Crippen molar-refractivity contribution in [3.63, 3.8) is 0 Å². The number of aliphatic hydroxyl groups is 1. The van der Waals surface area contributed by atoms with Crippen molar-refractivity contribution in [3.8, 4) is 6.01 Å². The molecule has 3 heterocycles. The highest BCUT2D eigenvalue weighted by molar-refractivity contribution is 6.28. The van der Waals surface area contributed by atoms with Crippen molar-refractivity contribution in [3.05, 3.63) is 5.28 Å². The first-order valence-electron chi connectivity index (χ1n) is 7.18. The van der Waals surface area contributed by atoms with Crippen LogP contribution in [-0.4, -0.2) is 44.9 Å². The molecular weight excluding hydrogens is 280 g/mol. The lowest BCUT2D eigenvalue weighted by Gasteiger charge is -2.37. The van der Waals surface area contributed by atoms with Crippen molar-refractivity contribution in [2.45, 2.75) is 57.2 Å². The van der Waals surface area contributed by atoms with Crippen molar-refractivity contribution in [1.82, 2.24) is 15.0 Å². The molecule has 7 heteroatoms. The van der Waals surface area contributed by atoms with Gasteiger partial charge >= 0.3 is 6.01 Å². The first kappa shape index (κ1) is 13.8. The van der Waals surface area contributed by atoms with E-state index in [0.717, 1.165) is 32.1 Å². The van der Waals surface area contributed by atoms with Crippen LogP contribution in [0.4, 0.5) is 5.95 Å². The van der Waals surface area contributed by atoms with E-state index in [2.05, 4.69) is 19.9 Å². The predicted octanol–water partition coefficient (Wildman–Crippen LogP) is 1.81. The Morgan fingerprint density at radius 2 is 1.95 bits per heavy atom. The maximum Gasteiger partial charge on any atom is 0.322 e. The maximum absolute atomic E-state index is 9.85. The summed E-state index contributed by atoms with van der Waals surface area (Å²) in [5, 5.41) is 10.0. The highest BCUT2D eigenvalue weighted by atomic mass is 35.5. The molecule has 0 radical (unpaired) electrons. The number of nitrogens with zero attached hydrogens (tertiary/aromatic N) is 4. The number of hydrogen-bond acceptors (Lipinski definition) is 6. The van der Waals surface area contributed by atoms with Gasteiger partial charge in [0.2, 0.25) is 11.2 Å². The van der Waals surface area contributed by atoms with E-state index >= 15 is 0 Å². The largest absolute Gasteiger partial charge is 0.463 e. The summed E-state index contributed by atoms with van der Waals surface area (Å²) >= 11 is 5.97. The average molecular weight is 299 g/mol. The number of aliphatic hydroxyl groups excluding tert-OH is 1. The number of rotatable bonds is 4. The van der Waals surface area contributed by atoms with E-state index in [9.17, 15) is 5.11 Å². The SMILES string of the molecule is CCCOc1nc(Cl)nc(N2C3CCC2CC(O)C3)n1. The summed E-state index contributed by atoms with van der Waals surface area (Å²) in [6.45, 7) is 2.58. The Hall–Kier alpha value is -1.14. The Bertz CT molecular complexity index is 473. The zero-order valence-electron chi connectivity index (χ0n) is 11.5. The van der Waals surface area contributed by atoms with Crippen LogP contribution in [0.15, 0.2) is 0 Å². The van der Waals surface area contributed by atoms with Gasteiger partial charge in [0.05, 0.1) is 12.7 Å². The summed E-state index contributed by atoms with van der Waals surface area (Å²) < 4.78 is 5.46. The topological polar surface area (TPSA) is 71.4 Å². The lowest BCUT2D eigenvalue weighted by Crippen LogP contribution is -2.45. The van der Waals surface area contributed by atoms with E-state index in [0.29, 0.717) is 24.6 Å². The molecule has 1 aromatic heterocycles. The first-order chi connectivity index (χ1) is 9.67. The van der Waals surface area contributed by atoms with Crippen molar-refractivity contribution in [1.29, 1.82) is 0 Å². The summed E-state index contributed by atoms with van der Waals surface area (Å²) in [7, 11) is 0. The third-order valence-corrected chi connectivity index (χ3v) is 4.12. The van der Waals surface area contributed by atoms with Gasteiger partial charge in [-0.2, -0.15) is 15.0 Å². The van der Waals surface area contributed by atoms with Crippen LogP contribution >= 0.6 is 11.6 Å². The number of fused-ring (bicyclic) bond motifs is 2. The van der Waals surface area contributed by atoms with E-state index in [1.54, 1.807) is 0 Å². The van der Waals surface area contributed by atoms with Gasteiger partial charge in [0, 0.05) is 12.1 Å². The fourth-order valence-corrected chi connectivity index (χ4v) is 3.32. The number of anilines is 1. The van der Waals surface area contributed by atoms with Gasteiger partial charge in [-0.1, -0.05) is 6.92 Å². The molecule has 2 aliphatic heterocycles. The number of piperidine rings is 1. The van der Waals surface area contributed by atoms with Crippen LogP contribution < -0.4 is 9.64 Å². The molecule has 0 aliphatic carbocycles. The summed E-state index contributed by atoms with van der Waals surface area (Å²) in [6.07, 6.45) is 4.35. The number of ether oxygens (including phenoxy) is 1. The molecule has 1 aromatic rings. The first-order valence-corrected chi connectivity index (χ1v) is 7.56. The average Bonchev–Trinajstić information content (AvgIpc) is 2.68. The predicted molar refractivity (Wildman–Crippen MR) is 75.2 cm³/mol. The monoisotopic (exact) mass is 298 g/mol. The Kier molecular flexibility index (Phi) is 3.94. The second kappa shape index (κ2) is 5.69. The molecule has 0 aromatic carbocycles.